The van der Waals surface area contributed by atoms with Crippen molar-refractivity contribution in [1.82, 2.24) is 9.78 Å². The molecule has 0 saturated carbocycles. The molecule has 0 aliphatic rings. The van der Waals surface area contributed by atoms with Crippen LogP contribution >= 0.6 is 0 Å². The van der Waals surface area contributed by atoms with Gasteiger partial charge in [-0.25, -0.2) is 4.39 Å². The van der Waals surface area contributed by atoms with Gasteiger partial charge in [0.25, 0.3) is 0 Å². The van der Waals surface area contributed by atoms with Gasteiger partial charge in [0.15, 0.2) is 5.75 Å². The van der Waals surface area contributed by atoms with Crippen LogP contribution in [0.3, 0.4) is 0 Å². The molecule has 5 heteroatoms. The van der Waals surface area contributed by atoms with E-state index in [9.17, 15) is 9.50 Å². The lowest BCUT2D eigenvalue weighted by atomic mass is 10.1. The second-order valence-corrected chi connectivity index (χ2v) is 4.27. The van der Waals surface area contributed by atoms with Crippen LogP contribution in [0.4, 0.5) is 4.39 Å². The molecule has 2 rings (SSSR count). The minimum absolute atomic E-state index is 0.357. The van der Waals surface area contributed by atoms with E-state index in [1.54, 1.807) is 44.0 Å². The average Bonchev–Trinajstić information content (AvgIpc) is 2.68. The second kappa shape index (κ2) is 4.78. The first-order valence-electron chi connectivity index (χ1n) is 5.62. The Balaban J connectivity index is 2.39. The van der Waals surface area contributed by atoms with Gasteiger partial charge >= 0.3 is 0 Å². The first-order chi connectivity index (χ1) is 8.47. The van der Waals surface area contributed by atoms with Crippen molar-refractivity contribution in [1.29, 1.82) is 0 Å². The van der Waals surface area contributed by atoms with Gasteiger partial charge < -0.3 is 9.84 Å². The highest BCUT2D eigenvalue weighted by molar-refractivity contribution is 5.41. The van der Waals surface area contributed by atoms with Gasteiger partial charge in [0.05, 0.1) is 18.5 Å². The average molecular weight is 250 g/mol. The Morgan fingerprint density at radius 1 is 1.44 bits per heavy atom. The number of benzene rings is 1. The fourth-order valence-corrected chi connectivity index (χ4v) is 1.66. The zero-order valence-electron chi connectivity index (χ0n) is 10.5. The van der Waals surface area contributed by atoms with E-state index in [2.05, 4.69) is 5.10 Å². The molecule has 0 aliphatic carbocycles. The second-order valence-electron chi connectivity index (χ2n) is 4.27. The van der Waals surface area contributed by atoms with Gasteiger partial charge in [0.2, 0.25) is 0 Å². The van der Waals surface area contributed by atoms with Crippen LogP contribution in [0.25, 0.3) is 0 Å². The van der Waals surface area contributed by atoms with Crippen molar-refractivity contribution >= 4 is 0 Å². The van der Waals surface area contributed by atoms with Gasteiger partial charge in [0.1, 0.15) is 11.6 Å². The van der Waals surface area contributed by atoms with Crippen LogP contribution in [0, 0.1) is 12.7 Å². The molecule has 0 fully saturated rings. The van der Waals surface area contributed by atoms with Crippen molar-refractivity contribution in [2.45, 2.75) is 20.0 Å². The number of aromatic nitrogens is 2. The molecule has 0 saturated heterocycles. The molecule has 4 nitrogen and oxygen atoms in total. The van der Waals surface area contributed by atoms with E-state index >= 15 is 0 Å². The molecule has 0 bridgehead atoms. The number of hydrogen-bond acceptors (Lipinski definition) is 3. The maximum absolute atomic E-state index is 13.5. The highest BCUT2D eigenvalue weighted by Crippen LogP contribution is 2.31. The molecule has 96 valence electrons. The molecule has 1 heterocycles. The molecule has 0 unspecified atom stereocenters. The van der Waals surface area contributed by atoms with Gasteiger partial charge in [-0.05, 0) is 31.5 Å². The van der Waals surface area contributed by atoms with Crippen LogP contribution in [0.15, 0.2) is 24.5 Å². The highest BCUT2D eigenvalue weighted by atomic mass is 19.1. The normalized spacial score (nSPS) is 12.5. The zero-order chi connectivity index (χ0) is 13.3. The fourth-order valence-electron chi connectivity index (χ4n) is 1.66. The monoisotopic (exact) mass is 250 g/mol. The van der Waals surface area contributed by atoms with Crippen molar-refractivity contribution in [3.63, 3.8) is 0 Å². The van der Waals surface area contributed by atoms with E-state index in [4.69, 9.17) is 4.74 Å². The van der Waals surface area contributed by atoms with Crippen molar-refractivity contribution in [2.24, 2.45) is 7.05 Å². The van der Waals surface area contributed by atoms with E-state index in [0.29, 0.717) is 22.6 Å². The summed E-state index contributed by atoms with van der Waals surface area (Å²) in [5, 5.41) is 13.6. The maximum Gasteiger partial charge on any atom is 0.165 e. The van der Waals surface area contributed by atoms with Crippen LogP contribution in [0.5, 0.6) is 11.5 Å². The number of aliphatic hydroxyl groups is 1. The summed E-state index contributed by atoms with van der Waals surface area (Å²) < 4.78 is 20.7. The predicted molar refractivity (Wildman–Crippen MR) is 65.1 cm³/mol. The van der Waals surface area contributed by atoms with Crippen LogP contribution in [-0.4, -0.2) is 14.9 Å². The number of aryl methyl sites for hydroxylation is 2. The third-order valence-electron chi connectivity index (χ3n) is 2.65. The van der Waals surface area contributed by atoms with Crippen LogP contribution in [0.1, 0.15) is 24.2 Å². The summed E-state index contributed by atoms with van der Waals surface area (Å²) in [4.78, 5) is 0. The predicted octanol–water partition coefficient (Wildman–Crippen LogP) is 2.71. The third-order valence-corrected chi connectivity index (χ3v) is 2.65. The van der Waals surface area contributed by atoms with Crippen molar-refractivity contribution in [3.05, 3.63) is 41.5 Å². The molecule has 0 aliphatic heterocycles. The molecule has 1 atom stereocenters. The van der Waals surface area contributed by atoms with Gasteiger partial charge in [0, 0.05) is 12.6 Å². The van der Waals surface area contributed by atoms with Crippen LogP contribution in [-0.2, 0) is 7.05 Å². The molecule has 1 aromatic carbocycles. The topological polar surface area (TPSA) is 47.3 Å². The Labute approximate surface area is 105 Å². The first kappa shape index (κ1) is 12.6. The quantitative estimate of drug-likeness (QED) is 0.911. The van der Waals surface area contributed by atoms with Crippen molar-refractivity contribution in [3.8, 4) is 11.5 Å². The minimum Gasteiger partial charge on any atom is -0.454 e. The van der Waals surface area contributed by atoms with E-state index in [1.165, 1.54) is 6.07 Å². The summed E-state index contributed by atoms with van der Waals surface area (Å²) in [7, 11) is 1.78. The van der Waals surface area contributed by atoms with E-state index in [-0.39, 0.29) is 5.82 Å². The number of rotatable bonds is 3. The number of nitrogens with zero attached hydrogens (tertiary/aromatic N) is 2. The molecule has 1 aromatic heterocycles. The molecule has 2 aromatic rings. The summed E-state index contributed by atoms with van der Waals surface area (Å²) in [6.07, 6.45) is 2.46. The smallest absolute Gasteiger partial charge is 0.165 e. The first-order valence-corrected chi connectivity index (χ1v) is 5.62. The van der Waals surface area contributed by atoms with Crippen molar-refractivity contribution in [2.75, 3.05) is 0 Å². The van der Waals surface area contributed by atoms with Gasteiger partial charge in [-0.2, -0.15) is 5.10 Å². The summed E-state index contributed by atoms with van der Waals surface area (Å²) in [6, 6.07) is 2.87. The van der Waals surface area contributed by atoms with Gasteiger partial charge in [-0.15, -0.1) is 0 Å². The zero-order valence-corrected chi connectivity index (χ0v) is 10.5. The van der Waals surface area contributed by atoms with E-state index in [1.807, 2.05) is 0 Å². The molecule has 0 spiro atoms. The maximum atomic E-state index is 13.5. The Morgan fingerprint density at radius 2 is 2.17 bits per heavy atom. The highest BCUT2D eigenvalue weighted by Gasteiger charge is 2.14. The number of aliphatic hydroxyl groups excluding tert-OH is 1. The summed E-state index contributed by atoms with van der Waals surface area (Å²) >= 11 is 0. The molecule has 18 heavy (non-hydrogen) atoms. The lowest BCUT2D eigenvalue weighted by Crippen LogP contribution is -1.98. The summed E-state index contributed by atoms with van der Waals surface area (Å²) in [6.45, 7) is 3.22. The number of hydrogen-bond donors (Lipinski definition) is 1. The molecular weight excluding hydrogens is 235 g/mol. The molecule has 1 N–H and O–H groups in total. The lowest BCUT2D eigenvalue weighted by Gasteiger charge is -2.13. The Hall–Kier alpha value is -1.88. The van der Waals surface area contributed by atoms with E-state index in [0.717, 1.165) is 0 Å². The lowest BCUT2D eigenvalue weighted by molar-refractivity contribution is 0.195. The van der Waals surface area contributed by atoms with Crippen molar-refractivity contribution < 1.29 is 14.2 Å². The molecular formula is C13H15FN2O2. The van der Waals surface area contributed by atoms with Gasteiger partial charge in [-0.1, -0.05) is 0 Å². The van der Waals surface area contributed by atoms with Gasteiger partial charge in [-0.3, -0.25) is 4.68 Å². The standard InChI is InChI=1S/C13H15FN2O2/c1-8-4-13(11(9(2)17)5-12(8)14)18-10-6-15-16(3)7-10/h4-7,9,17H,1-3H3/t9-/m0/s1. The Kier molecular flexibility index (Phi) is 3.34. The van der Waals surface area contributed by atoms with Crippen LogP contribution in [0.2, 0.25) is 0 Å². The Morgan fingerprint density at radius 3 is 2.72 bits per heavy atom. The molecule has 0 amide bonds. The van der Waals surface area contributed by atoms with Crippen LogP contribution < -0.4 is 4.74 Å². The largest absolute Gasteiger partial charge is 0.454 e. The van der Waals surface area contributed by atoms with E-state index < -0.39 is 6.10 Å². The number of halogens is 1. The molecule has 0 radical (unpaired) electrons. The SMILES string of the molecule is Cc1cc(Oc2cnn(C)c2)c([C@H](C)O)cc1F. The summed E-state index contributed by atoms with van der Waals surface area (Å²) in [5.41, 5.74) is 0.889. The number of ether oxygens (including phenoxy) is 1. The summed E-state index contributed by atoms with van der Waals surface area (Å²) in [5.74, 6) is 0.631. The minimum atomic E-state index is -0.799. The Bertz CT molecular complexity index is 564. The fraction of sp³-hybridized carbons (Fsp3) is 0.308. The third kappa shape index (κ3) is 2.51.